The third-order valence-corrected chi connectivity index (χ3v) is 5.01. The van der Waals surface area contributed by atoms with Crippen molar-refractivity contribution in [1.29, 1.82) is 0 Å². The smallest absolute Gasteiger partial charge is 0.294 e. The minimum Gasteiger partial charge on any atom is -0.294 e. The Balaban J connectivity index is 2.10. The molecule has 30 heavy (non-hydrogen) atoms. The van der Waals surface area contributed by atoms with Gasteiger partial charge in [0.15, 0.2) is 5.82 Å². The van der Waals surface area contributed by atoms with Crippen molar-refractivity contribution in [2.24, 2.45) is 0 Å². The van der Waals surface area contributed by atoms with Crippen LogP contribution in [-0.2, 0) is 12.7 Å². The predicted octanol–water partition coefficient (Wildman–Crippen LogP) is 4.47. The number of rotatable bonds is 4. The number of unbranched alkanes of at least 4 members (excludes halogenated alkanes) is 1. The summed E-state index contributed by atoms with van der Waals surface area (Å²) in [6.45, 7) is 2.19. The molecule has 2 aromatic carbocycles. The molecule has 0 unspecified atom stereocenters. The molecule has 4 rings (SSSR count). The SMILES string of the molecule is CCCCn1c(=O)nc2n(-c3cccc(C(F)(F)F)c3)c3ccccc3cc-2c1=O. The molecule has 0 aromatic heterocycles. The van der Waals surface area contributed by atoms with Gasteiger partial charge in [-0.1, -0.05) is 37.6 Å². The van der Waals surface area contributed by atoms with E-state index in [1.54, 1.807) is 30.3 Å². The Hall–Kier alpha value is -3.42. The molecule has 0 saturated carbocycles. The lowest BCUT2D eigenvalue weighted by Gasteiger charge is -2.19. The molecule has 0 atom stereocenters. The highest BCUT2D eigenvalue weighted by Crippen LogP contribution is 2.33. The maximum absolute atomic E-state index is 13.3. The number of pyridine rings is 1. The lowest BCUT2D eigenvalue weighted by Crippen LogP contribution is -2.38. The standard InChI is InChI=1S/C22H18F3N3O2/c1-2-3-11-27-20(29)17-12-14-7-4-5-10-18(14)28(19(17)26-21(27)30)16-9-6-8-15(13-16)22(23,24)25/h4-10,12-13H,2-3,11H2,1H3. The molecule has 0 fully saturated rings. The fourth-order valence-electron chi connectivity index (χ4n) is 3.51. The first kappa shape index (κ1) is 19.9. The van der Waals surface area contributed by atoms with E-state index in [2.05, 4.69) is 4.98 Å². The van der Waals surface area contributed by atoms with Crippen LogP contribution in [0, 0.1) is 0 Å². The molecule has 0 N–H and O–H groups in total. The fraction of sp³-hybridized carbons (Fsp3) is 0.227. The van der Waals surface area contributed by atoms with Crippen molar-refractivity contribution in [3.8, 4) is 17.1 Å². The summed E-state index contributed by atoms with van der Waals surface area (Å²) >= 11 is 0. The van der Waals surface area contributed by atoms with Gasteiger partial charge in [0.05, 0.1) is 16.6 Å². The molecule has 0 bridgehead atoms. The average molecular weight is 413 g/mol. The Bertz CT molecular complexity index is 1320. The highest BCUT2D eigenvalue weighted by molar-refractivity contribution is 5.87. The minimum atomic E-state index is -4.53. The first-order valence-corrected chi connectivity index (χ1v) is 9.54. The summed E-state index contributed by atoms with van der Waals surface area (Å²) in [4.78, 5) is 29.7. The van der Waals surface area contributed by atoms with Crippen molar-refractivity contribution in [3.05, 3.63) is 81.0 Å². The van der Waals surface area contributed by atoms with Crippen LogP contribution in [0.1, 0.15) is 25.3 Å². The largest absolute Gasteiger partial charge is 0.416 e. The Morgan fingerprint density at radius 3 is 2.50 bits per heavy atom. The van der Waals surface area contributed by atoms with E-state index in [1.807, 2.05) is 6.92 Å². The van der Waals surface area contributed by atoms with Gasteiger partial charge >= 0.3 is 11.9 Å². The van der Waals surface area contributed by atoms with Crippen LogP contribution in [0.25, 0.3) is 28.0 Å². The van der Waals surface area contributed by atoms with Gasteiger partial charge in [-0.15, -0.1) is 0 Å². The van der Waals surface area contributed by atoms with Crippen LogP contribution in [-0.4, -0.2) is 14.1 Å². The third kappa shape index (κ3) is 3.38. The van der Waals surface area contributed by atoms with Crippen molar-refractivity contribution in [3.63, 3.8) is 0 Å². The zero-order valence-electron chi connectivity index (χ0n) is 16.1. The quantitative estimate of drug-likeness (QED) is 0.464. The normalized spacial score (nSPS) is 12.0. The summed E-state index contributed by atoms with van der Waals surface area (Å²) in [7, 11) is 0. The van der Waals surface area contributed by atoms with E-state index < -0.39 is 23.0 Å². The molecule has 0 saturated heterocycles. The Labute approximate surface area is 169 Å². The number of para-hydroxylation sites is 1. The van der Waals surface area contributed by atoms with Crippen LogP contribution in [0.5, 0.6) is 0 Å². The molecule has 0 aliphatic carbocycles. The molecule has 2 aliphatic heterocycles. The first-order valence-electron chi connectivity index (χ1n) is 9.54. The van der Waals surface area contributed by atoms with Gasteiger partial charge in [-0.2, -0.15) is 18.2 Å². The van der Waals surface area contributed by atoms with E-state index in [0.29, 0.717) is 17.3 Å². The highest BCUT2D eigenvalue weighted by atomic mass is 19.4. The van der Waals surface area contributed by atoms with Crippen molar-refractivity contribution in [2.75, 3.05) is 0 Å². The Kier molecular flexibility index (Phi) is 4.93. The number of hydrogen-bond acceptors (Lipinski definition) is 3. The molecule has 0 spiro atoms. The van der Waals surface area contributed by atoms with Gasteiger partial charge in [-0.05, 0) is 42.1 Å². The van der Waals surface area contributed by atoms with Crippen molar-refractivity contribution in [2.45, 2.75) is 32.5 Å². The Morgan fingerprint density at radius 1 is 1.00 bits per heavy atom. The topological polar surface area (TPSA) is 56.9 Å². The van der Waals surface area contributed by atoms with Gasteiger partial charge < -0.3 is 0 Å². The summed E-state index contributed by atoms with van der Waals surface area (Å²) in [6.07, 6.45) is -3.09. The van der Waals surface area contributed by atoms with Crippen LogP contribution in [0.15, 0.2) is 64.2 Å². The van der Waals surface area contributed by atoms with Gasteiger partial charge in [0, 0.05) is 12.2 Å². The lowest BCUT2D eigenvalue weighted by atomic mass is 10.1. The second-order valence-corrected chi connectivity index (χ2v) is 7.03. The molecule has 0 radical (unpaired) electrons. The number of aromatic nitrogens is 3. The molecule has 154 valence electrons. The second-order valence-electron chi connectivity index (χ2n) is 7.03. The van der Waals surface area contributed by atoms with Crippen LogP contribution >= 0.6 is 0 Å². The summed E-state index contributed by atoms with van der Waals surface area (Å²) in [5.74, 6) is 0.0378. The van der Waals surface area contributed by atoms with Gasteiger partial charge in [-0.3, -0.25) is 13.9 Å². The maximum atomic E-state index is 13.3. The number of hydrogen-bond donors (Lipinski definition) is 0. The average Bonchev–Trinajstić information content (AvgIpc) is 2.72. The summed E-state index contributed by atoms with van der Waals surface area (Å²) < 4.78 is 42.4. The second kappa shape index (κ2) is 7.44. The zero-order chi connectivity index (χ0) is 21.5. The summed E-state index contributed by atoms with van der Waals surface area (Å²) in [6, 6.07) is 13.4. The van der Waals surface area contributed by atoms with E-state index >= 15 is 0 Å². The molecule has 2 aromatic rings. The van der Waals surface area contributed by atoms with E-state index in [-0.39, 0.29) is 23.6 Å². The summed E-state index contributed by atoms with van der Waals surface area (Å²) in [5.41, 5.74) is -1.14. The van der Waals surface area contributed by atoms with Crippen LogP contribution in [0.2, 0.25) is 0 Å². The van der Waals surface area contributed by atoms with Gasteiger partial charge in [0.25, 0.3) is 5.56 Å². The molecular formula is C22H18F3N3O2. The van der Waals surface area contributed by atoms with Crippen molar-refractivity contribution < 1.29 is 13.2 Å². The van der Waals surface area contributed by atoms with Crippen molar-refractivity contribution in [1.82, 2.24) is 14.1 Å². The van der Waals surface area contributed by atoms with Crippen LogP contribution in [0.4, 0.5) is 13.2 Å². The zero-order valence-corrected chi connectivity index (χ0v) is 16.1. The number of halogens is 3. The first-order chi connectivity index (χ1) is 14.3. The van der Waals surface area contributed by atoms with Gasteiger partial charge in [-0.25, -0.2) is 4.79 Å². The lowest BCUT2D eigenvalue weighted by molar-refractivity contribution is -0.137. The molecule has 2 aliphatic rings. The summed E-state index contributed by atoms with van der Waals surface area (Å²) in [5, 5.41) is 0.655. The van der Waals surface area contributed by atoms with E-state index in [4.69, 9.17) is 0 Å². The fourth-order valence-corrected chi connectivity index (χ4v) is 3.51. The molecule has 2 heterocycles. The predicted molar refractivity (Wildman–Crippen MR) is 108 cm³/mol. The maximum Gasteiger partial charge on any atom is 0.416 e. The van der Waals surface area contributed by atoms with Gasteiger partial charge in [0.2, 0.25) is 0 Å². The van der Waals surface area contributed by atoms with Crippen molar-refractivity contribution >= 4 is 10.9 Å². The Morgan fingerprint density at radius 2 is 1.77 bits per heavy atom. The van der Waals surface area contributed by atoms with Crippen LogP contribution in [0.3, 0.4) is 0 Å². The van der Waals surface area contributed by atoms with E-state index in [0.717, 1.165) is 23.1 Å². The van der Waals surface area contributed by atoms with Gasteiger partial charge in [0.1, 0.15) is 0 Å². The number of fused-ring (bicyclic) bond motifs is 2. The molecule has 8 heteroatoms. The highest BCUT2D eigenvalue weighted by Gasteiger charge is 2.31. The molecule has 5 nitrogen and oxygen atoms in total. The minimum absolute atomic E-state index is 0.0378. The van der Waals surface area contributed by atoms with E-state index in [1.165, 1.54) is 16.7 Å². The van der Waals surface area contributed by atoms with Crippen LogP contribution < -0.4 is 11.2 Å². The monoisotopic (exact) mass is 413 g/mol. The number of benzene rings is 2. The number of nitrogens with zero attached hydrogens (tertiary/aromatic N) is 3. The molecular weight excluding hydrogens is 395 g/mol. The number of alkyl halides is 3. The van der Waals surface area contributed by atoms with E-state index in [9.17, 15) is 22.8 Å². The third-order valence-electron chi connectivity index (χ3n) is 5.01. The molecule has 0 amide bonds.